The van der Waals surface area contributed by atoms with E-state index in [-0.39, 0.29) is 17.2 Å². The molecule has 1 saturated carbocycles. The van der Waals surface area contributed by atoms with Crippen LogP contribution in [0.25, 0.3) is 0 Å². The second-order valence-corrected chi connectivity index (χ2v) is 5.35. The molecule has 1 aliphatic rings. The van der Waals surface area contributed by atoms with Crippen LogP contribution in [0.1, 0.15) is 37.7 Å². The standard InChI is InChI=1S/C14H19ClFNO/c15-11-7-6-10(8-12(11)16)9-17-13-4-2-1-3-5-14(13)18/h6-8,13-14,17-18H,1-5,9H2. The van der Waals surface area contributed by atoms with E-state index in [0.29, 0.717) is 6.54 Å². The van der Waals surface area contributed by atoms with Crippen molar-refractivity contribution in [3.63, 3.8) is 0 Å². The van der Waals surface area contributed by atoms with Crippen LogP contribution in [-0.2, 0) is 6.54 Å². The number of aliphatic hydroxyl groups is 1. The Kier molecular flexibility index (Phi) is 4.98. The Morgan fingerprint density at radius 1 is 1.28 bits per heavy atom. The molecule has 1 aromatic rings. The third-order valence-corrected chi connectivity index (χ3v) is 3.84. The van der Waals surface area contributed by atoms with Crippen molar-refractivity contribution in [2.75, 3.05) is 0 Å². The molecule has 4 heteroatoms. The lowest BCUT2D eigenvalue weighted by molar-refractivity contribution is 0.119. The maximum absolute atomic E-state index is 13.3. The highest BCUT2D eigenvalue weighted by Crippen LogP contribution is 2.19. The molecule has 2 atom stereocenters. The van der Waals surface area contributed by atoms with Crippen LogP contribution in [-0.4, -0.2) is 17.3 Å². The van der Waals surface area contributed by atoms with Crippen LogP contribution in [0.15, 0.2) is 18.2 Å². The lowest BCUT2D eigenvalue weighted by Gasteiger charge is -2.21. The maximum Gasteiger partial charge on any atom is 0.142 e. The van der Waals surface area contributed by atoms with Gasteiger partial charge in [-0.2, -0.15) is 0 Å². The third-order valence-electron chi connectivity index (χ3n) is 3.53. The quantitative estimate of drug-likeness (QED) is 0.827. The molecule has 0 aromatic heterocycles. The molecule has 0 aliphatic heterocycles. The summed E-state index contributed by atoms with van der Waals surface area (Å²) < 4.78 is 13.3. The minimum atomic E-state index is -0.391. The van der Waals surface area contributed by atoms with Crippen LogP contribution in [0, 0.1) is 5.82 Å². The summed E-state index contributed by atoms with van der Waals surface area (Å²) in [5.74, 6) is -0.391. The average Bonchev–Trinajstić information content (AvgIpc) is 2.56. The van der Waals surface area contributed by atoms with Crippen molar-refractivity contribution >= 4 is 11.6 Å². The molecule has 0 bridgehead atoms. The lowest BCUT2D eigenvalue weighted by atomic mass is 10.1. The SMILES string of the molecule is OC1CCCCCC1NCc1ccc(Cl)c(F)c1. The molecule has 0 saturated heterocycles. The number of aliphatic hydroxyl groups excluding tert-OH is 1. The van der Waals surface area contributed by atoms with Crippen LogP contribution >= 0.6 is 11.6 Å². The predicted molar refractivity (Wildman–Crippen MR) is 71.1 cm³/mol. The van der Waals surface area contributed by atoms with E-state index in [1.165, 1.54) is 12.5 Å². The molecule has 2 nitrogen and oxygen atoms in total. The van der Waals surface area contributed by atoms with E-state index in [1.807, 2.05) is 6.07 Å². The van der Waals surface area contributed by atoms with Gasteiger partial charge in [-0.05, 0) is 30.5 Å². The maximum atomic E-state index is 13.3. The predicted octanol–water partition coefficient (Wildman–Crippen LogP) is 3.26. The van der Waals surface area contributed by atoms with Crippen molar-refractivity contribution in [1.82, 2.24) is 5.32 Å². The molecule has 0 amide bonds. The number of halogens is 2. The highest BCUT2D eigenvalue weighted by molar-refractivity contribution is 6.30. The van der Waals surface area contributed by atoms with Gasteiger partial charge in [-0.15, -0.1) is 0 Å². The zero-order chi connectivity index (χ0) is 13.0. The van der Waals surface area contributed by atoms with Gasteiger partial charge < -0.3 is 10.4 Å². The summed E-state index contributed by atoms with van der Waals surface area (Å²) in [5.41, 5.74) is 0.855. The molecule has 0 radical (unpaired) electrons. The van der Waals surface area contributed by atoms with Gasteiger partial charge >= 0.3 is 0 Å². The molecule has 1 fully saturated rings. The van der Waals surface area contributed by atoms with Gasteiger partial charge in [0, 0.05) is 12.6 Å². The smallest absolute Gasteiger partial charge is 0.142 e. The van der Waals surface area contributed by atoms with E-state index in [2.05, 4.69) is 5.32 Å². The number of nitrogens with one attached hydrogen (secondary N) is 1. The molecular weight excluding hydrogens is 253 g/mol. The van der Waals surface area contributed by atoms with Crippen molar-refractivity contribution in [2.45, 2.75) is 50.8 Å². The molecule has 0 heterocycles. The highest BCUT2D eigenvalue weighted by atomic mass is 35.5. The van der Waals surface area contributed by atoms with Gasteiger partial charge in [-0.3, -0.25) is 0 Å². The minimum Gasteiger partial charge on any atom is -0.392 e. The second-order valence-electron chi connectivity index (χ2n) is 4.94. The van der Waals surface area contributed by atoms with Gasteiger partial charge in [0.05, 0.1) is 11.1 Å². The number of hydrogen-bond donors (Lipinski definition) is 2. The molecule has 0 spiro atoms. The van der Waals surface area contributed by atoms with E-state index >= 15 is 0 Å². The van der Waals surface area contributed by atoms with Gasteiger partial charge in [0.1, 0.15) is 5.82 Å². The van der Waals surface area contributed by atoms with Crippen LogP contribution in [0.4, 0.5) is 4.39 Å². The molecule has 1 aromatic carbocycles. The molecule has 18 heavy (non-hydrogen) atoms. The topological polar surface area (TPSA) is 32.3 Å². The van der Waals surface area contributed by atoms with Gasteiger partial charge in [-0.25, -0.2) is 4.39 Å². The number of rotatable bonds is 3. The van der Waals surface area contributed by atoms with Crippen molar-refractivity contribution in [3.8, 4) is 0 Å². The lowest BCUT2D eigenvalue weighted by Crippen LogP contribution is -2.38. The summed E-state index contributed by atoms with van der Waals surface area (Å²) in [6.45, 7) is 0.565. The monoisotopic (exact) mass is 271 g/mol. The highest BCUT2D eigenvalue weighted by Gasteiger charge is 2.20. The summed E-state index contributed by atoms with van der Waals surface area (Å²) in [7, 11) is 0. The Hall–Kier alpha value is -0.640. The normalized spacial score (nSPS) is 24.8. The first-order valence-corrected chi connectivity index (χ1v) is 6.90. The van der Waals surface area contributed by atoms with Crippen LogP contribution in [0.3, 0.4) is 0 Å². The van der Waals surface area contributed by atoms with Gasteiger partial charge in [0.2, 0.25) is 0 Å². The molecule has 1 aliphatic carbocycles. The fraction of sp³-hybridized carbons (Fsp3) is 0.571. The van der Waals surface area contributed by atoms with Crippen molar-refractivity contribution < 1.29 is 9.50 Å². The Labute approximate surface area is 112 Å². The van der Waals surface area contributed by atoms with E-state index in [1.54, 1.807) is 6.07 Å². The van der Waals surface area contributed by atoms with Crippen molar-refractivity contribution in [2.24, 2.45) is 0 Å². The summed E-state index contributed by atoms with van der Waals surface area (Å²) in [6, 6.07) is 4.93. The Bertz CT molecular complexity index is 399. The Balaban J connectivity index is 1.91. The second kappa shape index (κ2) is 6.50. The molecule has 2 rings (SSSR count). The van der Waals surface area contributed by atoms with E-state index in [4.69, 9.17) is 11.6 Å². The van der Waals surface area contributed by atoms with Crippen LogP contribution in [0.5, 0.6) is 0 Å². The first-order chi connectivity index (χ1) is 8.66. The number of hydrogen-bond acceptors (Lipinski definition) is 2. The summed E-state index contributed by atoms with van der Waals surface area (Å²) in [4.78, 5) is 0. The fourth-order valence-electron chi connectivity index (χ4n) is 2.42. The van der Waals surface area contributed by atoms with Crippen molar-refractivity contribution in [1.29, 1.82) is 0 Å². The third kappa shape index (κ3) is 3.67. The van der Waals surface area contributed by atoms with Gasteiger partial charge in [0.25, 0.3) is 0 Å². The number of benzene rings is 1. The van der Waals surface area contributed by atoms with Crippen molar-refractivity contribution in [3.05, 3.63) is 34.6 Å². The largest absolute Gasteiger partial charge is 0.392 e. The summed E-state index contributed by atoms with van der Waals surface area (Å²) in [6.07, 6.45) is 4.97. The van der Waals surface area contributed by atoms with E-state index in [9.17, 15) is 9.50 Å². The summed E-state index contributed by atoms with van der Waals surface area (Å²) >= 11 is 5.64. The fourth-order valence-corrected chi connectivity index (χ4v) is 2.54. The first kappa shape index (κ1) is 13.8. The minimum absolute atomic E-state index is 0.117. The van der Waals surface area contributed by atoms with Crippen LogP contribution in [0.2, 0.25) is 5.02 Å². The zero-order valence-corrected chi connectivity index (χ0v) is 11.1. The molecule has 100 valence electrons. The molecular formula is C14H19ClFNO. The van der Waals surface area contributed by atoms with Crippen LogP contribution < -0.4 is 5.32 Å². The van der Waals surface area contributed by atoms with E-state index < -0.39 is 5.82 Å². The molecule has 2 unspecified atom stereocenters. The van der Waals surface area contributed by atoms with E-state index in [0.717, 1.165) is 31.2 Å². The molecule has 2 N–H and O–H groups in total. The van der Waals surface area contributed by atoms with Gasteiger partial charge in [0.15, 0.2) is 0 Å². The Morgan fingerprint density at radius 3 is 2.83 bits per heavy atom. The van der Waals surface area contributed by atoms with Gasteiger partial charge in [-0.1, -0.05) is 36.9 Å². The Morgan fingerprint density at radius 2 is 2.06 bits per heavy atom. The average molecular weight is 272 g/mol. The summed E-state index contributed by atoms with van der Waals surface area (Å²) in [5, 5.41) is 13.4. The zero-order valence-electron chi connectivity index (χ0n) is 10.3. The first-order valence-electron chi connectivity index (χ1n) is 6.52.